The zero-order valence-corrected chi connectivity index (χ0v) is 14.7. The van der Waals surface area contributed by atoms with Crippen LogP contribution < -0.4 is 0 Å². The number of sulfone groups is 1. The van der Waals surface area contributed by atoms with Crippen LogP contribution in [-0.4, -0.2) is 24.5 Å². The van der Waals surface area contributed by atoms with Crippen molar-refractivity contribution in [3.05, 3.63) is 65.6 Å². The van der Waals surface area contributed by atoms with Crippen LogP contribution in [0.25, 0.3) is 16.9 Å². The van der Waals surface area contributed by atoms with Crippen LogP contribution in [0.1, 0.15) is 17.7 Å². The predicted molar refractivity (Wildman–Crippen MR) is 91.7 cm³/mol. The summed E-state index contributed by atoms with van der Waals surface area (Å²) in [5, 5.41) is 12.8. The van der Waals surface area contributed by atoms with E-state index in [1.807, 2.05) is 6.07 Å². The molecule has 0 N–H and O–H groups in total. The van der Waals surface area contributed by atoms with Crippen molar-refractivity contribution in [2.24, 2.45) is 0 Å². The van der Waals surface area contributed by atoms with E-state index >= 15 is 0 Å². The van der Waals surface area contributed by atoms with Crippen molar-refractivity contribution >= 4 is 9.84 Å². The zero-order chi connectivity index (χ0) is 19.8. The molecule has 0 aliphatic carbocycles. The number of hydrogen-bond acceptors (Lipinski definition) is 4. The molecule has 3 aromatic rings. The van der Waals surface area contributed by atoms with Crippen LogP contribution >= 0.6 is 0 Å². The molecule has 1 heterocycles. The number of alkyl halides is 2. The summed E-state index contributed by atoms with van der Waals surface area (Å²) in [6.45, 7) is 0. The predicted octanol–water partition coefficient (Wildman–Crippen LogP) is 3.89. The van der Waals surface area contributed by atoms with Gasteiger partial charge in [-0.25, -0.2) is 26.3 Å². The SMILES string of the molecule is CS(=O)(=O)c1ccc(-n2nc(C(F)F)cc2-c2cccc(C#N)c2)cc1F. The van der Waals surface area contributed by atoms with Crippen molar-refractivity contribution in [1.29, 1.82) is 5.26 Å². The first-order valence-electron chi connectivity index (χ1n) is 7.59. The molecule has 0 amide bonds. The Labute approximate surface area is 153 Å². The van der Waals surface area contributed by atoms with Gasteiger partial charge in [-0.1, -0.05) is 12.1 Å². The quantitative estimate of drug-likeness (QED) is 0.676. The third-order valence-electron chi connectivity index (χ3n) is 3.80. The van der Waals surface area contributed by atoms with Crippen LogP contribution in [0.2, 0.25) is 0 Å². The molecule has 0 unspecified atom stereocenters. The fourth-order valence-electron chi connectivity index (χ4n) is 2.58. The van der Waals surface area contributed by atoms with Crippen molar-refractivity contribution in [3.8, 4) is 23.0 Å². The maximum absolute atomic E-state index is 14.2. The molecule has 2 aromatic carbocycles. The summed E-state index contributed by atoms with van der Waals surface area (Å²) in [5.74, 6) is -1.01. The molecule has 0 aliphatic rings. The largest absolute Gasteiger partial charge is 0.282 e. The van der Waals surface area contributed by atoms with Gasteiger partial charge < -0.3 is 0 Å². The molecule has 0 radical (unpaired) electrons. The fraction of sp³-hybridized carbons (Fsp3) is 0.111. The molecule has 0 bridgehead atoms. The van der Waals surface area contributed by atoms with E-state index in [4.69, 9.17) is 5.26 Å². The minimum Gasteiger partial charge on any atom is -0.233 e. The molecule has 0 spiro atoms. The number of hydrogen-bond donors (Lipinski definition) is 0. The van der Waals surface area contributed by atoms with E-state index in [2.05, 4.69) is 5.10 Å². The molecule has 3 rings (SSSR count). The van der Waals surface area contributed by atoms with Crippen molar-refractivity contribution in [1.82, 2.24) is 9.78 Å². The summed E-state index contributed by atoms with van der Waals surface area (Å²) in [4.78, 5) is -0.500. The second-order valence-corrected chi connectivity index (χ2v) is 7.73. The van der Waals surface area contributed by atoms with E-state index in [1.54, 1.807) is 18.2 Å². The van der Waals surface area contributed by atoms with E-state index in [1.165, 1.54) is 12.1 Å². The fourth-order valence-corrected chi connectivity index (χ4v) is 3.31. The number of halogens is 3. The Kier molecular flexibility index (Phi) is 4.76. The van der Waals surface area contributed by atoms with Crippen molar-refractivity contribution in [2.75, 3.05) is 6.26 Å². The summed E-state index contributed by atoms with van der Waals surface area (Å²) < 4.78 is 64.8. The average Bonchev–Trinajstić information content (AvgIpc) is 3.06. The van der Waals surface area contributed by atoms with Crippen LogP contribution in [0, 0.1) is 17.1 Å². The highest BCUT2D eigenvalue weighted by atomic mass is 32.2. The monoisotopic (exact) mass is 391 g/mol. The lowest BCUT2D eigenvalue weighted by atomic mass is 10.1. The van der Waals surface area contributed by atoms with E-state index in [9.17, 15) is 21.6 Å². The Morgan fingerprint density at radius 2 is 1.89 bits per heavy atom. The van der Waals surface area contributed by atoms with Crippen molar-refractivity contribution in [3.63, 3.8) is 0 Å². The third kappa shape index (κ3) is 3.71. The van der Waals surface area contributed by atoms with Crippen LogP contribution in [0.5, 0.6) is 0 Å². The van der Waals surface area contributed by atoms with Gasteiger partial charge in [0, 0.05) is 17.9 Å². The Morgan fingerprint density at radius 1 is 1.15 bits per heavy atom. The summed E-state index contributed by atoms with van der Waals surface area (Å²) in [7, 11) is -3.77. The first kappa shape index (κ1) is 18.7. The maximum atomic E-state index is 14.2. The molecule has 138 valence electrons. The minimum atomic E-state index is -3.77. The van der Waals surface area contributed by atoms with Gasteiger partial charge in [-0.15, -0.1) is 0 Å². The molecule has 5 nitrogen and oxygen atoms in total. The first-order valence-corrected chi connectivity index (χ1v) is 9.48. The van der Waals surface area contributed by atoms with Gasteiger partial charge in [0.2, 0.25) is 0 Å². The number of nitrogens with zero attached hydrogens (tertiary/aromatic N) is 3. The van der Waals surface area contributed by atoms with Crippen LogP contribution in [0.3, 0.4) is 0 Å². The second kappa shape index (κ2) is 6.89. The van der Waals surface area contributed by atoms with Crippen molar-refractivity contribution in [2.45, 2.75) is 11.3 Å². The maximum Gasteiger partial charge on any atom is 0.282 e. The highest BCUT2D eigenvalue weighted by Gasteiger charge is 2.20. The molecule has 0 aliphatic heterocycles. The van der Waals surface area contributed by atoms with Gasteiger partial charge in [-0.2, -0.15) is 10.4 Å². The summed E-state index contributed by atoms with van der Waals surface area (Å²) in [5.41, 5.74) is 0.511. The smallest absolute Gasteiger partial charge is 0.233 e. The molecule has 0 fully saturated rings. The number of nitriles is 1. The van der Waals surface area contributed by atoms with Gasteiger partial charge in [0.05, 0.1) is 23.0 Å². The van der Waals surface area contributed by atoms with Gasteiger partial charge in [-0.05, 0) is 30.3 Å². The summed E-state index contributed by atoms with van der Waals surface area (Å²) in [6.07, 6.45) is -1.99. The minimum absolute atomic E-state index is 0.0733. The highest BCUT2D eigenvalue weighted by Crippen LogP contribution is 2.29. The zero-order valence-electron chi connectivity index (χ0n) is 13.9. The van der Waals surface area contributed by atoms with E-state index < -0.39 is 32.7 Å². The second-order valence-electron chi connectivity index (χ2n) is 5.75. The standard InChI is InChI=1S/C18H12F3N3O2S/c1-27(25,26)17-6-5-13(8-14(17)19)24-16(9-15(23-24)18(20)21)12-4-2-3-11(7-12)10-22/h2-9,18H,1H3. The van der Waals surface area contributed by atoms with Crippen LogP contribution in [0.4, 0.5) is 13.2 Å². The van der Waals surface area contributed by atoms with E-state index in [-0.39, 0.29) is 11.4 Å². The van der Waals surface area contributed by atoms with Gasteiger partial charge in [-0.3, -0.25) is 0 Å². The van der Waals surface area contributed by atoms with Crippen LogP contribution in [-0.2, 0) is 9.84 Å². The normalized spacial score (nSPS) is 11.6. The van der Waals surface area contributed by atoms with Gasteiger partial charge in [0.15, 0.2) is 9.84 Å². The molecular formula is C18H12F3N3O2S. The number of aromatic nitrogens is 2. The Morgan fingerprint density at radius 3 is 2.48 bits per heavy atom. The molecule has 9 heteroatoms. The van der Waals surface area contributed by atoms with Crippen LogP contribution in [0.15, 0.2) is 53.4 Å². The molecule has 27 heavy (non-hydrogen) atoms. The Bertz CT molecular complexity index is 1160. The molecule has 0 saturated heterocycles. The van der Waals surface area contributed by atoms with E-state index in [0.717, 1.165) is 29.1 Å². The molecule has 0 saturated carbocycles. The topological polar surface area (TPSA) is 75.8 Å². The molecule has 1 aromatic heterocycles. The average molecular weight is 391 g/mol. The Hall–Kier alpha value is -3.12. The number of benzene rings is 2. The lowest BCUT2D eigenvalue weighted by Gasteiger charge is -2.09. The van der Waals surface area contributed by atoms with Gasteiger partial charge >= 0.3 is 0 Å². The molecule has 0 atom stereocenters. The Balaban J connectivity index is 2.21. The van der Waals surface area contributed by atoms with Gasteiger partial charge in [0.1, 0.15) is 16.4 Å². The van der Waals surface area contributed by atoms with Crippen molar-refractivity contribution < 1.29 is 21.6 Å². The summed E-state index contributed by atoms with van der Waals surface area (Å²) in [6, 6.07) is 12.6. The number of rotatable bonds is 4. The van der Waals surface area contributed by atoms with Gasteiger partial charge in [0.25, 0.3) is 6.43 Å². The molecular weight excluding hydrogens is 379 g/mol. The third-order valence-corrected chi connectivity index (χ3v) is 4.93. The van der Waals surface area contributed by atoms with E-state index in [0.29, 0.717) is 11.1 Å². The lowest BCUT2D eigenvalue weighted by Crippen LogP contribution is -2.05. The first-order chi connectivity index (χ1) is 12.7. The highest BCUT2D eigenvalue weighted by molar-refractivity contribution is 7.90. The lowest BCUT2D eigenvalue weighted by molar-refractivity contribution is 0.145. The summed E-state index contributed by atoms with van der Waals surface area (Å²) >= 11 is 0.